The molecule has 5 rings (SSSR count). The van der Waals surface area contributed by atoms with Crippen LogP contribution in [0.25, 0.3) is 0 Å². The van der Waals surface area contributed by atoms with Crippen LogP contribution in [0.15, 0.2) is 80.8 Å². The van der Waals surface area contributed by atoms with Crippen LogP contribution in [0.1, 0.15) is 33.5 Å². The molecule has 1 atom stereocenters. The van der Waals surface area contributed by atoms with Crippen LogP contribution in [0.2, 0.25) is 0 Å². The van der Waals surface area contributed by atoms with Gasteiger partial charge in [0.05, 0.1) is 11.6 Å². The number of aliphatic hydroxyl groups is 1. The second-order valence-corrected chi connectivity index (χ2v) is 10.0. The Kier molecular flexibility index (Phi) is 6.42. The van der Waals surface area contributed by atoms with E-state index in [1.54, 1.807) is 31.2 Å². The van der Waals surface area contributed by atoms with Crippen LogP contribution in [0.4, 0.5) is 13.9 Å². The monoisotopic (exact) mass is 525 g/mol. The van der Waals surface area contributed by atoms with Crippen LogP contribution < -0.4 is 4.90 Å². The maximum atomic E-state index is 14.0. The molecule has 0 aliphatic carbocycles. The molecule has 0 bridgehead atoms. The van der Waals surface area contributed by atoms with Crippen LogP contribution in [-0.2, 0) is 10.5 Å². The van der Waals surface area contributed by atoms with Gasteiger partial charge in [0, 0.05) is 5.75 Å². The zero-order chi connectivity index (χ0) is 25.4. The molecular weight excluding hydrogens is 508 g/mol. The maximum absolute atomic E-state index is 14.0. The molecule has 4 aromatic rings. The number of aryl methyl sites for hydroxylation is 1. The van der Waals surface area contributed by atoms with Gasteiger partial charge in [0.15, 0.2) is 15.9 Å². The number of nitrogens with zero attached hydrogens (tertiary/aromatic N) is 3. The average Bonchev–Trinajstić information content (AvgIpc) is 3.57. The number of rotatable bonds is 7. The zero-order valence-corrected chi connectivity index (χ0v) is 20.3. The smallest absolute Gasteiger partial charge is 0.296 e. The van der Waals surface area contributed by atoms with Gasteiger partial charge in [-0.25, -0.2) is 8.78 Å². The van der Waals surface area contributed by atoms with Crippen LogP contribution in [0.3, 0.4) is 0 Å². The van der Waals surface area contributed by atoms with Gasteiger partial charge in [-0.15, -0.1) is 10.2 Å². The first-order chi connectivity index (χ1) is 17.3. The number of Topliss-reactive ketones (excluding diaryl/α,β-unsaturated/α-hetero) is 1. The van der Waals surface area contributed by atoms with E-state index in [9.17, 15) is 23.5 Å². The number of thioether (sulfide) groups is 1. The molecular formula is C25H17F2N3O4S2. The number of aliphatic hydroxyl groups excluding tert-OH is 1. The second-order valence-electron chi connectivity index (χ2n) is 7.86. The summed E-state index contributed by atoms with van der Waals surface area (Å²) in [7, 11) is 0. The molecule has 0 radical (unpaired) electrons. The van der Waals surface area contributed by atoms with Gasteiger partial charge in [0.2, 0.25) is 10.9 Å². The Morgan fingerprint density at radius 1 is 1.11 bits per heavy atom. The third kappa shape index (κ3) is 4.42. The number of carbonyl (C=O) groups is 2. The standard InChI is InChI=1S/C25H17F2N3O4S2/c1-13-6-11-18(34-13)21(31)19-20(14-7-9-16(26)10-8-14)30(23(33)22(19)32)24-28-29-25(36-24)35-12-15-4-2-3-5-17(15)27/h2-11,20,32H,12H2,1H3. The predicted octanol–water partition coefficient (Wildman–Crippen LogP) is 5.79. The number of hydrogen-bond acceptors (Lipinski definition) is 8. The molecule has 0 spiro atoms. The predicted molar refractivity (Wildman–Crippen MR) is 130 cm³/mol. The van der Waals surface area contributed by atoms with Gasteiger partial charge in [-0.3, -0.25) is 14.5 Å². The average molecular weight is 526 g/mol. The van der Waals surface area contributed by atoms with E-state index in [2.05, 4.69) is 10.2 Å². The van der Waals surface area contributed by atoms with E-state index in [1.807, 2.05) is 0 Å². The number of ketones is 1. The van der Waals surface area contributed by atoms with Crippen molar-refractivity contribution in [2.75, 3.05) is 4.90 Å². The molecule has 0 saturated carbocycles. The fourth-order valence-electron chi connectivity index (χ4n) is 3.80. The fourth-order valence-corrected chi connectivity index (χ4v) is 5.65. The molecule has 11 heteroatoms. The molecule has 1 N–H and O–H groups in total. The van der Waals surface area contributed by atoms with Crippen molar-refractivity contribution in [3.63, 3.8) is 0 Å². The first kappa shape index (κ1) is 23.9. The highest BCUT2D eigenvalue weighted by Crippen LogP contribution is 2.44. The largest absolute Gasteiger partial charge is 0.503 e. The van der Waals surface area contributed by atoms with Gasteiger partial charge in [0.1, 0.15) is 17.4 Å². The molecule has 182 valence electrons. The van der Waals surface area contributed by atoms with E-state index < -0.39 is 29.3 Å². The lowest BCUT2D eigenvalue weighted by Crippen LogP contribution is -2.31. The summed E-state index contributed by atoms with van der Waals surface area (Å²) in [6, 6.07) is 13.6. The van der Waals surface area contributed by atoms with Crippen molar-refractivity contribution in [2.24, 2.45) is 0 Å². The molecule has 2 aromatic carbocycles. The summed E-state index contributed by atoms with van der Waals surface area (Å²) in [5.41, 5.74) is 0.662. The third-order valence-electron chi connectivity index (χ3n) is 5.51. The SMILES string of the molecule is Cc1ccc(C(=O)C2=C(O)C(=O)N(c3nnc(SCc4ccccc4F)s3)C2c2ccc(F)cc2)o1. The summed E-state index contributed by atoms with van der Waals surface area (Å²) in [5, 5.41) is 19.1. The lowest BCUT2D eigenvalue weighted by atomic mass is 9.95. The number of amides is 1. The number of carbonyl (C=O) groups excluding carboxylic acids is 2. The summed E-state index contributed by atoms with van der Waals surface area (Å²) < 4.78 is 33.5. The minimum absolute atomic E-state index is 0.0470. The number of furan rings is 1. The van der Waals surface area contributed by atoms with Crippen molar-refractivity contribution in [3.8, 4) is 0 Å². The number of halogens is 2. The summed E-state index contributed by atoms with van der Waals surface area (Å²) in [5.74, 6) is -2.39. The Balaban J connectivity index is 1.50. The molecule has 1 aliphatic heterocycles. The summed E-state index contributed by atoms with van der Waals surface area (Å²) in [6.45, 7) is 1.66. The van der Waals surface area contributed by atoms with E-state index in [1.165, 1.54) is 48.2 Å². The van der Waals surface area contributed by atoms with Crippen LogP contribution in [0.5, 0.6) is 0 Å². The highest BCUT2D eigenvalue weighted by atomic mass is 32.2. The Labute approximate surface area is 212 Å². The van der Waals surface area contributed by atoms with E-state index in [0.717, 1.165) is 16.2 Å². The quantitative estimate of drug-likeness (QED) is 0.185. The lowest BCUT2D eigenvalue weighted by molar-refractivity contribution is -0.117. The van der Waals surface area contributed by atoms with E-state index in [0.29, 0.717) is 27.0 Å². The van der Waals surface area contributed by atoms with Gasteiger partial charge < -0.3 is 9.52 Å². The van der Waals surface area contributed by atoms with E-state index >= 15 is 0 Å². The van der Waals surface area contributed by atoms with E-state index in [-0.39, 0.29) is 22.3 Å². The Bertz CT molecular complexity index is 1500. The molecule has 0 saturated heterocycles. The van der Waals surface area contributed by atoms with Gasteiger partial charge in [0.25, 0.3) is 5.91 Å². The first-order valence-corrected chi connectivity index (χ1v) is 12.5. The van der Waals surface area contributed by atoms with Crippen molar-refractivity contribution in [1.82, 2.24) is 10.2 Å². The topological polar surface area (TPSA) is 96.5 Å². The normalized spacial score (nSPS) is 15.7. The van der Waals surface area contributed by atoms with Crippen LogP contribution in [0, 0.1) is 18.6 Å². The van der Waals surface area contributed by atoms with Crippen molar-refractivity contribution in [1.29, 1.82) is 0 Å². The van der Waals surface area contributed by atoms with Crippen molar-refractivity contribution in [3.05, 3.63) is 106 Å². The van der Waals surface area contributed by atoms with Crippen molar-refractivity contribution < 1.29 is 27.9 Å². The number of aromatic nitrogens is 2. The van der Waals surface area contributed by atoms with Gasteiger partial charge in [-0.05, 0) is 48.4 Å². The number of hydrogen-bond donors (Lipinski definition) is 1. The summed E-state index contributed by atoms with van der Waals surface area (Å²) in [4.78, 5) is 27.6. The molecule has 1 unspecified atom stereocenters. The Hall–Kier alpha value is -3.83. The highest BCUT2D eigenvalue weighted by molar-refractivity contribution is 8.00. The zero-order valence-electron chi connectivity index (χ0n) is 18.6. The fraction of sp³-hybridized carbons (Fsp3) is 0.120. The molecule has 1 amide bonds. The minimum atomic E-state index is -1.09. The summed E-state index contributed by atoms with van der Waals surface area (Å²) in [6.07, 6.45) is 0. The van der Waals surface area contributed by atoms with Gasteiger partial charge in [-0.2, -0.15) is 0 Å². The molecule has 2 aromatic heterocycles. The molecule has 36 heavy (non-hydrogen) atoms. The molecule has 7 nitrogen and oxygen atoms in total. The highest BCUT2D eigenvalue weighted by Gasteiger charge is 2.46. The second kappa shape index (κ2) is 9.67. The molecule has 0 fully saturated rings. The first-order valence-electron chi connectivity index (χ1n) is 10.7. The molecule has 1 aliphatic rings. The maximum Gasteiger partial charge on any atom is 0.296 e. The molecule has 3 heterocycles. The number of benzene rings is 2. The third-order valence-corrected chi connectivity index (χ3v) is 7.62. The lowest BCUT2D eigenvalue weighted by Gasteiger charge is -2.23. The van der Waals surface area contributed by atoms with Gasteiger partial charge in [-0.1, -0.05) is 53.4 Å². The van der Waals surface area contributed by atoms with E-state index in [4.69, 9.17) is 4.42 Å². The minimum Gasteiger partial charge on any atom is -0.503 e. The Morgan fingerprint density at radius 2 is 1.86 bits per heavy atom. The summed E-state index contributed by atoms with van der Waals surface area (Å²) >= 11 is 2.29. The van der Waals surface area contributed by atoms with Crippen molar-refractivity contribution in [2.45, 2.75) is 23.1 Å². The van der Waals surface area contributed by atoms with Gasteiger partial charge >= 0.3 is 0 Å². The Morgan fingerprint density at radius 3 is 2.56 bits per heavy atom. The van der Waals surface area contributed by atoms with Crippen molar-refractivity contribution >= 4 is 39.9 Å². The van der Waals surface area contributed by atoms with Crippen LogP contribution >= 0.6 is 23.1 Å². The number of anilines is 1. The van der Waals surface area contributed by atoms with Crippen LogP contribution in [-0.4, -0.2) is 27.0 Å².